The van der Waals surface area contributed by atoms with Gasteiger partial charge in [0, 0.05) is 30.1 Å². The molecular weight excluding hydrogens is 430 g/mol. The summed E-state index contributed by atoms with van der Waals surface area (Å²) in [6, 6.07) is 2.57. The lowest BCUT2D eigenvalue weighted by Crippen LogP contribution is -2.45. The Labute approximate surface area is 181 Å². The zero-order chi connectivity index (χ0) is 23.3. The maximum atomic E-state index is 15.0. The van der Waals surface area contributed by atoms with Crippen molar-refractivity contribution in [2.24, 2.45) is 0 Å². The summed E-state index contributed by atoms with van der Waals surface area (Å²) in [7, 11) is 0. The van der Waals surface area contributed by atoms with Crippen LogP contribution in [0.25, 0.3) is 4.85 Å². The molecule has 2 atom stereocenters. The maximum Gasteiger partial charge on any atom is 0.322 e. The number of urea groups is 1. The van der Waals surface area contributed by atoms with Gasteiger partial charge in [0.25, 0.3) is 5.92 Å². The first-order chi connectivity index (χ1) is 15.1. The Bertz CT molecular complexity index is 1110. The topological polar surface area (TPSA) is 74.8 Å². The van der Waals surface area contributed by atoms with Crippen LogP contribution in [0.3, 0.4) is 0 Å². The number of carbonyl (C=O) groups excluding carboxylic acids is 1. The molecule has 0 aliphatic carbocycles. The average molecular weight is 451 g/mol. The molecule has 4 rings (SSSR count). The van der Waals surface area contributed by atoms with Crippen molar-refractivity contribution in [3.05, 3.63) is 52.4 Å². The smallest absolute Gasteiger partial charge is 0.322 e. The van der Waals surface area contributed by atoms with E-state index in [1.807, 2.05) is 0 Å². The zero-order valence-corrected chi connectivity index (χ0v) is 17.2. The molecule has 1 aromatic heterocycles. The third-order valence-electron chi connectivity index (χ3n) is 6.01. The van der Waals surface area contributed by atoms with Gasteiger partial charge in [0.1, 0.15) is 23.8 Å². The highest BCUT2D eigenvalue weighted by Gasteiger charge is 2.48. The molecule has 2 aliphatic rings. The van der Waals surface area contributed by atoms with Crippen LogP contribution >= 0.6 is 0 Å². The Morgan fingerprint density at radius 3 is 2.84 bits per heavy atom. The van der Waals surface area contributed by atoms with Gasteiger partial charge >= 0.3 is 6.03 Å². The minimum Gasteiger partial charge on any atom is -0.385 e. The van der Waals surface area contributed by atoms with Gasteiger partial charge in [-0.2, -0.15) is 13.9 Å². The fourth-order valence-electron chi connectivity index (χ4n) is 4.24. The van der Waals surface area contributed by atoms with Crippen LogP contribution < -0.4 is 5.32 Å². The Balaban J connectivity index is 1.64. The number of hydrogen-bond acceptors (Lipinski definition) is 3. The Hall–Kier alpha value is -3.13. The fraction of sp³-hybridized carbons (Fsp3) is 0.476. The van der Waals surface area contributed by atoms with Gasteiger partial charge in [0.15, 0.2) is 0 Å². The van der Waals surface area contributed by atoms with Crippen molar-refractivity contribution < 1.29 is 27.5 Å². The lowest BCUT2D eigenvalue weighted by molar-refractivity contribution is -0.0474. The molecule has 2 amide bonds. The minimum atomic E-state index is -3.34. The molecule has 11 heteroatoms. The number of alkyl halides is 3. The molecule has 2 aromatic rings. The van der Waals surface area contributed by atoms with Gasteiger partial charge in [-0.3, -0.25) is 4.68 Å². The van der Waals surface area contributed by atoms with E-state index in [0.717, 1.165) is 10.7 Å². The average Bonchev–Trinajstić information content (AvgIpc) is 3.05. The van der Waals surface area contributed by atoms with Gasteiger partial charge < -0.3 is 15.3 Å². The van der Waals surface area contributed by atoms with Gasteiger partial charge in [0.05, 0.1) is 25.4 Å². The lowest BCUT2D eigenvalue weighted by atomic mass is 9.94. The van der Waals surface area contributed by atoms with E-state index in [4.69, 9.17) is 6.57 Å². The molecule has 32 heavy (non-hydrogen) atoms. The summed E-state index contributed by atoms with van der Waals surface area (Å²) in [4.78, 5) is 17.3. The van der Waals surface area contributed by atoms with Gasteiger partial charge in [-0.05, 0) is 31.5 Å². The van der Waals surface area contributed by atoms with Crippen molar-refractivity contribution in [2.45, 2.75) is 56.8 Å². The van der Waals surface area contributed by atoms with Crippen LogP contribution in [0, 0.1) is 12.4 Å². The molecule has 0 bridgehead atoms. The van der Waals surface area contributed by atoms with Crippen molar-refractivity contribution in [1.82, 2.24) is 14.7 Å². The molecule has 0 spiro atoms. The van der Waals surface area contributed by atoms with E-state index in [1.165, 1.54) is 17.0 Å². The standard InChI is InChI=1S/C21H21F4N5O2/c1-12-7-16-14(18-21(24,25)6-5-20(32,10-22)11-30(18)28-16)9-29(12)19(31)27-13-3-4-15(23)17(8-13)26-2/h3-4,8,12,32H,5-7,9-11H2,1H3,(H,27,31)/t12-,20+/m1/s1. The van der Waals surface area contributed by atoms with E-state index in [1.54, 1.807) is 6.92 Å². The number of aliphatic hydroxyl groups is 1. The van der Waals surface area contributed by atoms with Crippen LogP contribution in [-0.4, -0.2) is 44.1 Å². The molecule has 0 radical (unpaired) electrons. The second kappa shape index (κ2) is 7.78. The molecular formula is C21H21F4N5O2. The molecule has 7 nitrogen and oxygen atoms in total. The molecule has 2 N–H and O–H groups in total. The monoisotopic (exact) mass is 451 g/mol. The Morgan fingerprint density at radius 2 is 2.16 bits per heavy atom. The quantitative estimate of drug-likeness (QED) is 0.533. The van der Waals surface area contributed by atoms with Crippen LogP contribution in [0.2, 0.25) is 0 Å². The number of fused-ring (bicyclic) bond motifs is 3. The fourth-order valence-corrected chi connectivity index (χ4v) is 4.24. The van der Waals surface area contributed by atoms with Crippen molar-refractivity contribution in [1.29, 1.82) is 0 Å². The number of nitrogens with one attached hydrogen (secondary N) is 1. The normalized spacial score (nSPS) is 24.2. The largest absolute Gasteiger partial charge is 0.385 e. The summed E-state index contributed by atoms with van der Waals surface area (Å²) in [5, 5.41) is 17.1. The van der Waals surface area contributed by atoms with E-state index in [2.05, 4.69) is 15.3 Å². The van der Waals surface area contributed by atoms with Crippen molar-refractivity contribution >= 4 is 17.4 Å². The summed E-state index contributed by atoms with van der Waals surface area (Å²) < 4.78 is 57.8. The van der Waals surface area contributed by atoms with E-state index in [9.17, 15) is 27.5 Å². The zero-order valence-electron chi connectivity index (χ0n) is 17.2. The molecule has 3 heterocycles. The number of rotatable bonds is 2. The Kier molecular flexibility index (Phi) is 5.36. The molecule has 1 aromatic carbocycles. The highest BCUT2D eigenvalue weighted by atomic mass is 19.3. The molecule has 170 valence electrons. The summed E-state index contributed by atoms with van der Waals surface area (Å²) >= 11 is 0. The Morgan fingerprint density at radius 1 is 1.41 bits per heavy atom. The van der Waals surface area contributed by atoms with Crippen molar-refractivity contribution in [3.8, 4) is 0 Å². The number of nitrogens with zero attached hydrogens (tertiary/aromatic N) is 4. The first-order valence-corrected chi connectivity index (χ1v) is 10.1. The van der Waals surface area contributed by atoms with Gasteiger partial charge in [-0.25, -0.2) is 18.4 Å². The van der Waals surface area contributed by atoms with E-state index >= 15 is 0 Å². The van der Waals surface area contributed by atoms with Gasteiger partial charge in [-0.1, -0.05) is 0 Å². The number of aromatic nitrogens is 2. The number of anilines is 1. The van der Waals surface area contributed by atoms with Crippen LogP contribution in [0.5, 0.6) is 0 Å². The van der Waals surface area contributed by atoms with Crippen LogP contribution in [0.15, 0.2) is 18.2 Å². The highest BCUT2D eigenvalue weighted by molar-refractivity contribution is 5.90. The second-order valence-corrected chi connectivity index (χ2v) is 8.38. The predicted octanol–water partition coefficient (Wildman–Crippen LogP) is 4.14. The molecule has 0 saturated carbocycles. The van der Waals surface area contributed by atoms with Crippen molar-refractivity contribution in [3.63, 3.8) is 0 Å². The first-order valence-electron chi connectivity index (χ1n) is 10.1. The third kappa shape index (κ3) is 3.79. The van der Waals surface area contributed by atoms with Crippen molar-refractivity contribution in [2.75, 3.05) is 12.0 Å². The second-order valence-electron chi connectivity index (χ2n) is 8.38. The van der Waals surface area contributed by atoms with Gasteiger partial charge in [-0.15, -0.1) is 0 Å². The minimum absolute atomic E-state index is 0.155. The number of hydrogen-bond donors (Lipinski definition) is 2. The molecule has 0 unspecified atom stereocenters. The van der Waals surface area contributed by atoms with Crippen LogP contribution in [-0.2, 0) is 25.4 Å². The predicted molar refractivity (Wildman–Crippen MR) is 107 cm³/mol. The SMILES string of the molecule is [C-]#[N+]c1cc(NC(=O)N2Cc3c(nn4c3C(F)(F)CC[C@](O)(CF)C4)C[C@H]2C)ccc1F. The lowest BCUT2D eigenvalue weighted by Gasteiger charge is -2.33. The molecule has 0 saturated heterocycles. The van der Waals surface area contributed by atoms with Gasteiger partial charge in [0.2, 0.25) is 5.69 Å². The van der Waals surface area contributed by atoms with Crippen LogP contribution in [0.1, 0.15) is 36.7 Å². The summed E-state index contributed by atoms with van der Waals surface area (Å²) in [5.41, 5.74) is -1.80. The molecule has 2 aliphatic heterocycles. The first kappa shape index (κ1) is 22.1. The summed E-state index contributed by atoms with van der Waals surface area (Å²) in [6.45, 7) is 7.00. The maximum absolute atomic E-state index is 15.0. The number of amides is 2. The number of benzene rings is 1. The summed E-state index contributed by atoms with van der Waals surface area (Å²) in [5.74, 6) is -4.06. The molecule has 0 fully saturated rings. The number of halogens is 4. The summed E-state index contributed by atoms with van der Waals surface area (Å²) in [6.07, 6.45) is -0.949. The van der Waals surface area contributed by atoms with Crippen LogP contribution in [0.4, 0.5) is 33.7 Å². The van der Waals surface area contributed by atoms with E-state index in [-0.39, 0.29) is 29.9 Å². The third-order valence-corrected chi connectivity index (χ3v) is 6.01. The highest BCUT2D eigenvalue weighted by Crippen LogP contribution is 2.43. The van der Waals surface area contributed by atoms with E-state index in [0.29, 0.717) is 5.69 Å². The number of carbonyl (C=O) groups is 1. The van der Waals surface area contributed by atoms with E-state index < -0.39 is 61.2 Å².